The number of nitrogens with one attached hydrogen (secondary N) is 1. The van der Waals surface area contributed by atoms with Crippen molar-refractivity contribution in [3.63, 3.8) is 0 Å². The van der Waals surface area contributed by atoms with Gasteiger partial charge in [0.05, 0.1) is 23.3 Å². The zero-order valence-corrected chi connectivity index (χ0v) is 16.5. The van der Waals surface area contributed by atoms with Crippen LogP contribution >= 0.6 is 11.5 Å². The van der Waals surface area contributed by atoms with Crippen LogP contribution in [0.3, 0.4) is 0 Å². The summed E-state index contributed by atoms with van der Waals surface area (Å²) in [7, 11) is 0. The molecule has 0 aromatic carbocycles. The van der Waals surface area contributed by atoms with E-state index in [1.807, 2.05) is 18.2 Å². The van der Waals surface area contributed by atoms with Crippen LogP contribution in [0.15, 0.2) is 6.33 Å². The first-order valence-electron chi connectivity index (χ1n) is 9.37. The molecule has 0 atom stereocenters. The third-order valence-corrected chi connectivity index (χ3v) is 6.52. The number of carbonyl (C=O) groups excluding carboxylic acids is 1. The van der Waals surface area contributed by atoms with Crippen LogP contribution in [-0.4, -0.2) is 61.4 Å². The minimum atomic E-state index is -0.0460. The summed E-state index contributed by atoms with van der Waals surface area (Å²) in [5.74, 6) is 0.679. The number of aromatic nitrogens is 4. The lowest BCUT2D eigenvalue weighted by Gasteiger charge is -2.51. The lowest BCUT2D eigenvalue weighted by atomic mass is 9.78. The van der Waals surface area contributed by atoms with Crippen LogP contribution in [0.1, 0.15) is 53.4 Å². The molecule has 140 valence electrons. The number of aryl methyl sites for hydroxylation is 1. The maximum Gasteiger partial charge on any atom is 0.267 e. The summed E-state index contributed by atoms with van der Waals surface area (Å²) in [6, 6.07) is 0. The van der Waals surface area contributed by atoms with Gasteiger partial charge in [-0.05, 0) is 37.2 Å². The Kier molecular flexibility index (Phi) is 4.56. The van der Waals surface area contributed by atoms with E-state index < -0.39 is 0 Å². The van der Waals surface area contributed by atoms with E-state index in [-0.39, 0.29) is 11.4 Å². The molecule has 2 aromatic rings. The Morgan fingerprint density at radius 1 is 1.35 bits per heavy atom. The van der Waals surface area contributed by atoms with Gasteiger partial charge in [-0.2, -0.15) is 0 Å². The van der Waals surface area contributed by atoms with Gasteiger partial charge in [0.2, 0.25) is 0 Å². The maximum absolute atomic E-state index is 12.8. The summed E-state index contributed by atoms with van der Waals surface area (Å²) < 4.78 is 3.91. The lowest BCUT2D eigenvalue weighted by Crippen LogP contribution is -2.57. The molecule has 2 aliphatic heterocycles. The van der Waals surface area contributed by atoms with Crippen LogP contribution in [0, 0.1) is 12.8 Å². The van der Waals surface area contributed by atoms with Gasteiger partial charge in [0.15, 0.2) is 0 Å². The maximum atomic E-state index is 12.8. The van der Waals surface area contributed by atoms with E-state index in [0.717, 1.165) is 51.1 Å². The van der Waals surface area contributed by atoms with E-state index in [4.69, 9.17) is 4.98 Å². The Morgan fingerprint density at radius 2 is 2.12 bits per heavy atom. The number of imidazole rings is 1. The Balaban J connectivity index is 1.57. The number of hydrogen-bond donors (Lipinski definition) is 1. The van der Waals surface area contributed by atoms with Gasteiger partial charge in [-0.25, -0.2) is 4.98 Å². The number of likely N-dealkylation sites (tertiary alicyclic amines) is 1. The highest BCUT2D eigenvalue weighted by atomic mass is 32.1. The fourth-order valence-electron chi connectivity index (χ4n) is 4.43. The van der Waals surface area contributed by atoms with Gasteiger partial charge in [0.25, 0.3) is 5.91 Å². The van der Waals surface area contributed by atoms with Crippen molar-refractivity contribution in [2.75, 3.05) is 26.2 Å². The van der Waals surface area contributed by atoms with E-state index in [1.165, 1.54) is 22.9 Å². The number of nitrogens with zero attached hydrogens (tertiary/aromatic N) is 5. The summed E-state index contributed by atoms with van der Waals surface area (Å²) in [5, 5.41) is 3.98. The molecule has 2 aliphatic rings. The fraction of sp³-hybridized carbons (Fsp3) is 0.667. The third-order valence-electron chi connectivity index (χ3n) is 5.71. The van der Waals surface area contributed by atoms with Gasteiger partial charge in [-0.3, -0.25) is 9.69 Å². The SMILES string of the molecule is Cc1nnsc1C(=O)N1CCC2(CC1)c1nc[nH]c1CCN2CC(C)C. The number of piperidine rings is 1. The molecular formula is C18H26N6OS. The first-order valence-corrected chi connectivity index (χ1v) is 10.1. The Morgan fingerprint density at radius 3 is 2.77 bits per heavy atom. The molecule has 0 radical (unpaired) electrons. The Hall–Kier alpha value is -1.80. The van der Waals surface area contributed by atoms with Crippen molar-refractivity contribution >= 4 is 17.4 Å². The van der Waals surface area contributed by atoms with Crippen LogP contribution in [0.25, 0.3) is 0 Å². The average molecular weight is 375 g/mol. The zero-order chi connectivity index (χ0) is 18.3. The molecule has 26 heavy (non-hydrogen) atoms. The third kappa shape index (κ3) is 2.85. The van der Waals surface area contributed by atoms with Gasteiger partial charge in [-0.1, -0.05) is 18.3 Å². The number of H-pyrrole nitrogens is 1. The van der Waals surface area contributed by atoms with Crippen molar-refractivity contribution in [1.82, 2.24) is 29.4 Å². The second-order valence-electron chi connectivity index (χ2n) is 7.83. The first-order chi connectivity index (χ1) is 12.5. The topological polar surface area (TPSA) is 78.0 Å². The highest BCUT2D eigenvalue weighted by molar-refractivity contribution is 7.07. The number of hydrogen-bond acceptors (Lipinski definition) is 6. The molecular weight excluding hydrogens is 348 g/mol. The van der Waals surface area contributed by atoms with E-state index >= 15 is 0 Å². The van der Waals surface area contributed by atoms with Crippen LogP contribution in [-0.2, 0) is 12.0 Å². The highest BCUT2D eigenvalue weighted by Crippen LogP contribution is 2.42. The van der Waals surface area contributed by atoms with Gasteiger partial charge in [0, 0.05) is 38.3 Å². The minimum absolute atomic E-state index is 0.0460. The van der Waals surface area contributed by atoms with Gasteiger partial charge < -0.3 is 9.88 Å². The molecule has 1 fully saturated rings. The molecule has 0 bridgehead atoms. The highest BCUT2D eigenvalue weighted by Gasteiger charge is 2.47. The van der Waals surface area contributed by atoms with Gasteiger partial charge in [-0.15, -0.1) is 5.10 Å². The minimum Gasteiger partial charge on any atom is -0.348 e. The number of rotatable bonds is 3. The van der Waals surface area contributed by atoms with E-state index in [1.54, 1.807) is 0 Å². The molecule has 2 aromatic heterocycles. The lowest BCUT2D eigenvalue weighted by molar-refractivity contribution is 0.000731. The van der Waals surface area contributed by atoms with Gasteiger partial charge in [0.1, 0.15) is 4.88 Å². The summed E-state index contributed by atoms with van der Waals surface area (Å²) in [4.78, 5) is 26.1. The van der Waals surface area contributed by atoms with Crippen molar-refractivity contribution in [2.45, 2.75) is 45.6 Å². The molecule has 1 N–H and O–H groups in total. The monoisotopic (exact) mass is 374 g/mol. The Labute approximate surface area is 158 Å². The van der Waals surface area contributed by atoms with Crippen LogP contribution in [0.2, 0.25) is 0 Å². The molecule has 1 saturated heterocycles. The van der Waals surface area contributed by atoms with Gasteiger partial charge >= 0.3 is 0 Å². The van der Waals surface area contributed by atoms with E-state index in [0.29, 0.717) is 10.8 Å². The second kappa shape index (κ2) is 6.74. The molecule has 1 spiro atoms. The molecule has 8 heteroatoms. The average Bonchev–Trinajstić information content (AvgIpc) is 3.26. The van der Waals surface area contributed by atoms with Crippen molar-refractivity contribution in [1.29, 1.82) is 0 Å². The smallest absolute Gasteiger partial charge is 0.267 e. The molecule has 7 nitrogen and oxygen atoms in total. The number of aromatic amines is 1. The van der Waals surface area contributed by atoms with Crippen LogP contribution < -0.4 is 0 Å². The van der Waals surface area contributed by atoms with Crippen LogP contribution in [0.4, 0.5) is 0 Å². The fourth-order valence-corrected chi connectivity index (χ4v) is 5.06. The van der Waals surface area contributed by atoms with Crippen molar-refractivity contribution in [3.05, 3.63) is 28.3 Å². The van der Waals surface area contributed by atoms with E-state index in [2.05, 4.69) is 33.3 Å². The number of amides is 1. The molecule has 4 rings (SSSR count). The predicted molar refractivity (Wildman–Crippen MR) is 100 cm³/mol. The largest absolute Gasteiger partial charge is 0.348 e. The molecule has 0 saturated carbocycles. The number of carbonyl (C=O) groups is 1. The molecule has 1 amide bonds. The summed E-state index contributed by atoms with van der Waals surface area (Å²) in [6.45, 7) is 10.0. The van der Waals surface area contributed by atoms with Crippen LogP contribution in [0.5, 0.6) is 0 Å². The summed E-state index contributed by atoms with van der Waals surface area (Å²) in [6.07, 6.45) is 4.70. The molecule has 4 heterocycles. The normalized spacial score (nSPS) is 19.9. The molecule has 0 aliphatic carbocycles. The zero-order valence-electron chi connectivity index (χ0n) is 15.7. The predicted octanol–water partition coefficient (Wildman–Crippen LogP) is 2.22. The summed E-state index contributed by atoms with van der Waals surface area (Å²) in [5.41, 5.74) is 3.16. The number of fused-ring (bicyclic) bond motifs is 2. The van der Waals surface area contributed by atoms with Crippen molar-refractivity contribution < 1.29 is 4.79 Å². The van der Waals surface area contributed by atoms with Crippen molar-refractivity contribution in [2.24, 2.45) is 5.92 Å². The second-order valence-corrected chi connectivity index (χ2v) is 8.58. The van der Waals surface area contributed by atoms with E-state index in [9.17, 15) is 4.79 Å². The molecule has 0 unspecified atom stereocenters. The van der Waals surface area contributed by atoms with Crippen molar-refractivity contribution in [3.8, 4) is 0 Å². The Bertz CT molecular complexity index is 789. The summed E-state index contributed by atoms with van der Waals surface area (Å²) >= 11 is 1.20. The first kappa shape index (κ1) is 17.6. The standard InChI is InChI=1S/C18H26N6OS/c1-12(2)10-24-7-4-14-16(20-11-19-14)18(24)5-8-23(9-6-18)17(25)15-13(3)21-22-26-15/h11-12H,4-10H2,1-3H3,(H,19,20). The quantitative estimate of drug-likeness (QED) is 0.891.